The molecule has 0 aromatic heterocycles. The van der Waals surface area contributed by atoms with Gasteiger partial charge in [0.1, 0.15) is 6.61 Å². The Morgan fingerprint density at radius 3 is 2.07 bits per heavy atom. The highest BCUT2D eigenvalue weighted by Gasteiger charge is 2.47. The Hall–Kier alpha value is -2.34. The molecule has 2 atom stereocenters. The number of rotatable bonds is 4. The largest absolute Gasteiger partial charge is 0.445 e. The van der Waals surface area contributed by atoms with Crippen molar-refractivity contribution < 1.29 is 17.9 Å². The van der Waals surface area contributed by atoms with E-state index in [0.717, 1.165) is 5.56 Å². The van der Waals surface area contributed by atoms with Gasteiger partial charge in [0, 0.05) is 13.1 Å². The SMILES string of the molecule is O=C(OCc1ccccc1)N1CC2CC(S(=O)(=O)c3ccccc3)CC2C1. The molecule has 2 aromatic rings. The van der Waals surface area contributed by atoms with Crippen LogP contribution in [0.2, 0.25) is 0 Å². The van der Waals surface area contributed by atoms with Gasteiger partial charge in [-0.05, 0) is 42.4 Å². The topological polar surface area (TPSA) is 63.7 Å². The highest BCUT2D eigenvalue weighted by molar-refractivity contribution is 7.92. The first-order valence-electron chi connectivity index (χ1n) is 9.28. The van der Waals surface area contributed by atoms with Gasteiger partial charge >= 0.3 is 6.09 Å². The van der Waals surface area contributed by atoms with Crippen molar-refractivity contribution in [2.45, 2.75) is 29.6 Å². The quantitative estimate of drug-likeness (QED) is 0.808. The van der Waals surface area contributed by atoms with Crippen molar-refractivity contribution in [2.24, 2.45) is 11.8 Å². The van der Waals surface area contributed by atoms with Crippen LogP contribution in [-0.4, -0.2) is 37.8 Å². The van der Waals surface area contributed by atoms with Crippen LogP contribution in [0.5, 0.6) is 0 Å². The fourth-order valence-electron chi connectivity index (χ4n) is 4.26. The summed E-state index contributed by atoms with van der Waals surface area (Å²) in [7, 11) is -3.30. The van der Waals surface area contributed by atoms with E-state index in [1.807, 2.05) is 36.4 Å². The van der Waals surface area contributed by atoms with Gasteiger partial charge in [-0.1, -0.05) is 48.5 Å². The van der Waals surface area contributed by atoms with E-state index < -0.39 is 9.84 Å². The molecule has 27 heavy (non-hydrogen) atoms. The predicted octanol–water partition coefficient (Wildman–Crippen LogP) is 3.51. The second kappa shape index (κ2) is 7.35. The molecule has 2 fully saturated rings. The summed E-state index contributed by atoms with van der Waals surface area (Å²) in [5, 5.41) is -0.350. The van der Waals surface area contributed by atoms with E-state index in [4.69, 9.17) is 4.74 Å². The van der Waals surface area contributed by atoms with E-state index in [0.29, 0.717) is 30.8 Å². The molecule has 1 saturated carbocycles. The minimum atomic E-state index is -3.30. The van der Waals surface area contributed by atoms with Gasteiger partial charge in [-0.2, -0.15) is 0 Å². The number of amides is 1. The van der Waals surface area contributed by atoms with Crippen LogP contribution in [-0.2, 0) is 21.2 Å². The molecule has 142 valence electrons. The van der Waals surface area contributed by atoms with E-state index in [2.05, 4.69) is 0 Å². The van der Waals surface area contributed by atoms with E-state index >= 15 is 0 Å². The Bertz CT molecular complexity index is 884. The van der Waals surface area contributed by atoms with Crippen LogP contribution in [0.15, 0.2) is 65.6 Å². The molecule has 1 aliphatic carbocycles. The number of hydrogen-bond acceptors (Lipinski definition) is 4. The van der Waals surface area contributed by atoms with Crippen molar-refractivity contribution in [1.82, 2.24) is 4.90 Å². The fraction of sp³-hybridized carbons (Fsp3) is 0.381. The zero-order chi connectivity index (χ0) is 18.9. The summed E-state index contributed by atoms with van der Waals surface area (Å²) in [4.78, 5) is 14.5. The maximum absolute atomic E-state index is 12.8. The third-order valence-corrected chi connectivity index (χ3v) is 7.87. The zero-order valence-corrected chi connectivity index (χ0v) is 15.8. The Morgan fingerprint density at radius 1 is 0.926 bits per heavy atom. The molecule has 1 aliphatic heterocycles. The summed E-state index contributed by atoms with van der Waals surface area (Å²) in [6.07, 6.45) is 0.921. The number of carbonyl (C=O) groups excluding carboxylic acids is 1. The van der Waals surface area contributed by atoms with Crippen LogP contribution in [0.3, 0.4) is 0 Å². The molecular formula is C21H23NO4S. The zero-order valence-electron chi connectivity index (χ0n) is 15.0. The molecule has 0 N–H and O–H groups in total. The first-order valence-corrected chi connectivity index (χ1v) is 10.8. The molecule has 5 nitrogen and oxygen atoms in total. The molecule has 2 unspecified atom stereocenters. The summed E-state index contributed by atoms with van der Waals surface area (Å²) < 4.78 is 31.1. The highest BCUT2D eigenvalue weighted by atomic mass is 32.2. The summed E-state index contributed by atoms with van der Waals surface area (Å²) in [5.74, 6) is 0.468. The first kappa shape index (κ1) is 18.0. The average Bonchev–Trinajstić information content (AvgIpc) is 3.27. The van der Waals surface area contributed by atoms with Gasteiger partial charge in [-0.3, -0.25) is 0 Å². The number of hydrogen-bond donors (Lipinski definition) is 0. The van der Waals surface area contributed by atoms with Crippen molar-refractivity contribution in [3.8, 4) is 0 Å². The molecule has 4 rings (SSSR count). The molecular weight excluding hydrogens is 362 g/mol. The average molecular weight is 385 g/mol. The highest BCUT2D eigenvalue weighted by Crippen LogP contribution is 2.42. The number of ether oxygens (including phenoxy) is 1. The van der Waals surface area contributed by atoms with E-state index in [9.17, 15) is 13.2 Å². The lowest BCUT2D eigenvalue weighted by Gasteiger charge is -2.19. The fourth-order valence-corrected chi connectivity index (χ4v) is 6.18. The summed E-state index contributed by atoms with van der Waals surface area (Å²) in [6.45, 7) is 1.43. The second-order valence-electron chi connectivity index (χ2n) is 7.42. The van der Waals surface area contributed by atoms with E-state index in [-0.39, 0.29) is 29.8 Å². The predicted molar refractivity (Wildman–Crippen MR) is 102 cm³/mol. The minimum Gasteiger partial charge on any atom is -0.445 e. The maximum atomic E-state index is 12.8. The Balaban J connectivity index is 1.34. The summed E-state index contributed by atoms with van der Waals surface area (Å²) >= 11 is 0. The summed E-state index contributed by atoms with van der Waals surface area (Å²) in [5.41, 5.74) is 0.958. The molecule has 0 spiro atoms. The van der Waals surface area contributed by atoms with Gasteiger partial charge in [0.2, 0.25) is 0 Å². The smallest absolute Gasteiger partial charge is 0.410 e. The standard InChI is InChI=1S/C21H23NO4S/c23-21(26-15-16-7-3-1-4-8-16)22-13-17-11-20(12-18(17)14-22)27(24,25)19-9-5-2-6-10-19/h1-10,17-18,20H,11-15H2. The lowest BCUT2D eigenvalue weighted by molar-refractivity contribution is 0.102. The number of likely N-dealkylation sites (tertiary alicyclic amines) is 1. The van der Waals surface area contributed by atoms with Gasteiger partial charge in [0.05, 0.1) is 10.1 Å². The number of nitrogens with zero attached hydrogens (tertiary/aromatic N) is 1. The van der Waals surface area contributed by atoms with Gasteiger partial charge in [-0.25, -0.2) is 13.2 Å². The van der Waals surface area contributed by atoms with Crippen molar-refractivity contribution in [3.05, 3.63) is 66.2 Å². The number of fused-ring (bicyclic) bond motifs is 1. The first-order chi connectivity index (χ1) is 13.0. The van der Waals surface area contributed by atoms with E-state index in [1.165, 1.54) is 0 Å². The number of sulfone groups is 1. The van der Waals surface area contributed by atoms with Crippen molar-refractivity contribution in [3.63, 3.8) is 0 Å². The Morgan fingerprint density at radius 2 is 1.48 bits per heavy atom. The molecule has 0 radical (unpaired) electrons. The van der Waals surface area contributed by atoms with Crippen molar-refractivity contribution in [1.29, 1.82) is 0 Å². The van der Waals surface area contributed by atoms with Gasteiger partial charge < -0.3 is 9.64 Å². The van der Waals surface area contributed by atoms with Crippen LogP contribution in [0.4, 0.5) is 4.79 Å². The molecule has 0 bridgehead atoms. The third kappa shape index (κ3) is 3.72. The second-order valence-corrected chi connectivity index (χ2v) is 9.64. The van der Waals surface area contributed by atoms with Gasteiger partial charge in [0.25, 0.3) is 0 Å². The minimum absolute atomic E-state index is 0.234. The third-order valence-electron chi connectivity index (χ3n) is 5.68. The van der Waals surface area contributed by atoms with Crippen LogP contribution in [0.25, 0.3) is 0 Å². The van der Waals surface area contributed by atoms with Crippen molar-refractivity contribution in [2.75, 3.05) is 13.1 Å². The van der Waals surface area contributed by atoms with Crippen LogP contribution in [0.1, 0.15) is 18.4 Å². The lowest BCUT2D eigenvalue weighted by atomic mass is 10.0. The van der Waals surface area contributed by atoms with Crippen LogP contribution < -0.4 is 0 Å². The Kier molecular flexibility index (Phi) is 4.91. The van der Waals surface area contributed by atoms with Gasteiger partial charge in [0.15, 0.2) is 9.84 Å². The molecule has 1 heterocycles. The van der Waals surface area contributed by atoms with Crippen LogP contribution in [0, 0.1) is 11.8 Å². The lowest BCUT2D eigenvalue weighted by Crippen LogP contribution is -2.31. The summed E-state index contributed by atoms with van der Waals surface area (Å²) in [6, 6.07) is 18.3. The Labute approximate surface area is 159 Å². The van der Waals surface area contributed by atoms with Crippen molar-refractivity contribution >= 4 is 15.9 Å². The molecule has 6 heteroatoms. The van der Waals surface area contributed by atoms with Crippen LogP contribution >= 0.6 is 0 Å². The van der Waals surface area contributed by atoms with Gasteiger partial charge in [-0.15, -0.1) is 0 Å². The molecule has 2 aromatic carbocycles. The molecule has 1 amide bonds. The monoisotopic (exact) mass is 385 g/mol. The molecule has 1 saturated heterocycles. The number of carbonyl (C=O) groups is 1. The molecule has 2 aliphatic rings. The normalized spacial score (nSPS) is 24.6. The van der Waals surface area contributed by atoms with E-state index in [1.54, 1.807) is 29.2 Å². The maximum Gasteiger partial charge on any atom is 0.410 e. The number of benzene rings is 2.